The smallest absolute Gasteiger partial charge is 0.356 e. The van der Waals surface area contributed by atoms with E-state index in [0.717, 1.165) is 6.07 Å². The highest BCUT2D eigenvalue weighted by Crippen LogP contribution is 2.24. The van der Waals surface area contributed by atoms with Crippen LogP contribution in [0, 0.1) is 22.5 Å². The lowest BCUT2D eigenvalue weighted by Gasteiger charge is -2.05. The largest absolute Gasteiger partial charge is 0.472 e. The number of ether oxygens (including phenoxy) is 2. The summed E-state index contributed by atoms with van der Waals surface area (Å²) in [6.07, 6.45) is 5.31. The Morgan fingerprint density at radius 1 is 1.61 bits per heavy atom. The molecule has 0 spiro atoms. The van der Waals surface area contributed by atoms with Crippen molar-refractivity contribution in [3.63, 3.8) is 0 Å². The van der Waals surface area contributed by atoms with Crippen LogP contribution >= 0.6 is 0 Å². The van der Waals surface area contributed by atoms with E-state index in [4.69, 9.17) is 11.2 Å². The zero-order valence-corrected chi connectivity index (χ0v) is 9.58. The van der Waals surface area contributed by atoms with E-state index in [1.165, 1.54) is 13.2 Å². The van der Waals surface area contributed by atoms with E-state index in [2.05, 4.69) is 15.6 Å². The van der Waals surface area contributed by atoms with Crippen LogP contribution in [0.4, 0.5) is 5.69 Å². The highest BCUT2D eigenvalue weighted by molar-refractivity contribution is 5.87. The summed E-state index contributed by atoms with van der Waals surface area (Å²) in [6, 6.07) is 2.32. The van der Waals surface area contributed by atoms with Gasteiger partial charge in [0.05, 0.1) is 12.0 Å². The number of carbonyl (C=O) groups is 1. The van der Waals surface area contributed by atoms with E-state index < -0.39 is 10.9 Å². The molecule has 1 aromatic rings. The fourth-order valence-electron chi connectivity index (χ4n) is 1.10. The number of nitrogens with zero attached hydrogens (tertiary/aromatic N) is 2. The van der Waals surface area contributed by atoms with Crippen LogP contribution in [-0.4, -0.2) is 29.6 Å². The number of methoxy groups -OCH3 is 1. The topological polar surface area (TPSA) is 91.6 Å². The first kappa shape index (κ1) is 13.4. The van der Waals surface area contributed by atoms with E-state index in [-0.39, 0.29) is 30.3 Å². The summed E-state index contributed by atoms with van der Waals surface area (Å²) >= 11 is 0. The number of hydrogen-bond acceptors (Lipinski definition) is 6. The molecule has 0 aliphatic heterocycles. The van der Waals surface area contributed by atoms with Crippen molar-refractivity contribution in [2.24, 2.45) is 0 Å². The molecule has 18 heavy (non-hydrogen) atoms. The Hall–Kier alpha value is -2.62. The maximum atomic E-state index is 11.2. The third-order valence-corrected chi connectivity index (χ3v) is 1.92. The van der Waals surface area contributed by atoms with Gasteiger partial charge in [-0.3, -0.25) is 10.1 Å². The summed E-state index contributed by atoms with van der Waals surface area (Å²) in [4.78, 5) is 25.0. The second kappa shape index (κ2) is 6.20. The first-order chi connectivity index (χ1) is 8.60. The summed E-state index contributed by atoms with van der Waals surface area (Å²) < 4.78 is 9.53. The van der Waals surface area contributed by atoms with Crippen LogP contribution in [0.2, 0.25) is 0 Å². The summed E-state index contributed by atoms with van der Waals surface area (Å²) in [6.45, 7) is 0.0783. The molecule has 1 rings (SSSR count). The van der Waals surface area contributed by atoms with Crippen LogP contribution in [0.5, 0.6) is 5.88 Å². The minimum Gasteiger partial charge on any atom is -0.472 e. The number of pyridine rings is 1. The second-order valence-corrected chi connectivity index (χ2v) is 3.07. The van der Waals surface area contributed by atoms with E-state index >= 15 is 0 Å². The first-order valence-electron chi connectivity index (χ1n) is 4.90. The highest BCUT2D eigenvalue weighted by atomic mass is 16.6. The quantitative estimate of drug-likeness (QED) is 0.256. The van der Waals surface area contributed by atoms with Crippen LogP contribution in [0.3, 0.4) is 0 Å². The van der Waals surface area contributed by atoms with Crippen LogP contribution in [0.1, 0.15) is 16.9 Å². The van der Waals surface area contributed by atoms with Crippen molar-refractivity contribution in [1.29, 1.82) is 0 Å². The normalized spacial score (nSPS) is 9.33. The Morgan fingerprint density at radius 2 is 2.33 bits per heavy atom. The van der Waals surface area contributed by atoms with Crippen LogP contribution < -0.4 is 4.74 Å². The Balaban J connectivity index is 3.04. The van der Waals surface area contributed by atoms with Gasteiger partial charge in [-0.1, -0.05) is 0 Å². The average molecular weight is 250 g/mol. The van der Waals surface area contributed by atoms with Crippen molar-refractivity contribution in [2.75, 3.05) is 13.7 Å². The van der Waals surface area contributed by atoms with Gasteiger partial charge in [0.2, 0.25) is 0 Å². The molecular weight excluding hydrogens is 240 g/mol. The van der Waals surface area contributed by atoms with Crippen LogP contribution in [0.25, 0.3) is 0 Å². The van der Waals surface area contributed by atoms with Gasteiger partial charge in [-0.2, -0.15) is 0 Å². The van der Waals surface area contributed by atoms with Crippen molar-refractivity contribution < 1.29 is 19.2 Å². The number of terminal acetylenes is 1. The maximum Gasteiger partial charge on any atom is 0.356 e. The molecular formula is C11H10N2O5. The van der Waals surface area contributed by atoms with Crippen molar-refractivity contribution in [3.8, 4) is 18.2 Å². The maximum absolute atomic E-state index is 11.2. The molecule has 0 N–H and O–H groups in total. The third kappa shape index (κ3) is 3.18. The molecule has 0 aliphatic rings. The predicted molar refractivity (Wildman–Crippen MR) is 61.2 cm³/mol. The van der Waals surface area contributed by atoms with Gasteiger partial charge in [0.15, 0.2) is 5.69 Å². The standard InChI is InChI=1S/C11H10N2O5/c1-3-4-7-18-10-9(13(15)16)6-5-8(12-10)11(14)17-2/h1,5-6H,4,7H2,2H3. The summed E-state index contributed by atoms with van der Waals surface area (Å²) in [5, 5.41) is 10.7. The fraction of sp³-hybridized carbons (Fsp3) is 0.273. The molecule has 7 heteroatoms. The lowest BCUT2D eigenvalue weighted by molar-refractivity contribution is -0.386. The van der Waals surface area contributed by atoms with Gasteiger partial charge < -0.3 is 9.47 Å². The Labute approximate surface area is 103 Å². The molecule has 0 atom stereocenters. The van der Waals surface area contributed by atoms with Gasteiger partial charge in [0, 0.05) is 12.5 Å². The van der Waals surface area contributed by atoms with E-state index in [0.29, 0.717) is 0 Å². The van der Waals surface area contributed by atoms with E-state index in [1.54, 1.807) is 0 Å². The monoisotopic (exact) mass is 250 g/mol. The van der Waals surface area contributed by atoms with E-state index in [1.807, 2.05) is 0 Å². The van der Waals surface area contributed by atoms with Crippen molar-refractivity contribution in [3.05, 3.63) is 27.9 Å². The summed E-state index contributed by atoms with van der Waals surface area (Å²) in [7, 11) is 1.18. The zero-order chi connectivity index (χ0) is 13.5. The molecule has 0 aliphatic carbocycles. The Bertz CT molecular complexity index is 507. The average Bonchev–Trinajstić information content (AvgIpc) is 2.37. The molecule has 0 fully saturated rings. The molecule has 94 valence electrons. The number of hydrogen-bond donors (Lipinski definition) is 0. The molecule has 0 amide bonds. The van der Waals surface area contributed by atoms with Gasteiger partial charge in [-0.05, 0) is 6.07 Å². The molecule has 0 radical (unpaired) electrons. The Kier molecular flexibility index (Phi) is 4.63. The molecule has 1 heterocycles. The molecule has 0 saturated heterocycles. The minimum atomic E-state index is -0.702. The fourth-order valence-corrected chi connectivity index (χ4v) is 1.10. The van der Waals surface area contributed by atoms with Crippen molar-refractivity contribution in [2.45, 2.75) is 6.42 Å². The molecule has 0 bridgehead atoms. The van der Waals surface area contributed by atoms with Gasteiger partial charge in [-0.15, -0.1) is 12.3 Å². The number of aromatic nitrogens is 1. The second-order valence-electron chi connectivity index (χ2n) is 3.07. The number of carbonyl (C=O) groups excluding carboxylic acids is 1. The SMILES string of the molecule is C#CCCOc1nc(C(=O)OC)ccc1[N+](=O)[O-]. The first-order valence-corrected chi connectivity index (χ1v) is 4.90. The van der Waals surface area contributed by atoms with Gasteiger partial charge >= 0.3 is 11.7 Å². The predicted octanol–water partition coefficient (Wildman–Crippen LogP) is 1.18. The van der Waals surface area contributed by atoms with Crippen LogP contribution in [-0.2, 0) is 4.74 Å². The lowest BCUT2D eigenvalue weighted by atomic mass is 10.3. The molecule has 1 aromatic heterocycles. The molecule has 0 unspecified atom stereocenters. The molecule has 0 aromatic carbocycles. The van der Waals surface area contributed by atoms with E-state index in [9.17, 15) is 14.9 Å². The van der Waals surface area contributed by atoms with Gasteiger partial charge in [0.1, 0.15) is 6.61 Å². The minimum absolute atomic E-state index is 0.0705. The van der Waals surface area contributed by atoms with Crippen molar-refractivity contribution in [1.82, 2.24) is 4.98 Å². The third-order valence-electron chi connectivity index (χ3n) is 1.92. The zero-order valence-electron chi connectivity index (χ0n) is 9.58. The lowest BCUT2D eigenvalue weighted by Crippen LogP contribution is -2.08. The molecule has 0 saturated carbocycles. The number of esters is 1. The molecule has 7 nitrogen and oxygen atoms in total. The summed E-state index contributed by atoms with van der Waals surface area (Å²) in [5.41, 5.74) is -0.404. The summed E-state index contributed by atoms with van der Waals surface area (Å²) in [5.74, 6) is 1.37. The van der Waals surface area contributed by atoms with Gasteiger partial charge in [-0.25, -0.2) is 9.78 Å². The van der Waals surface area contributed by atoms with Crippen LogP contribution in [0.15, 0.2) is 12.1 Å². The number of rotatable bonds is 5. The Morgan fingerprint density at radius 3 is 2.89 bits per heavy atom. The van der Waals surface area contributed by atoms with Gasteiger partial charge in [0.25, 0.3) is 5.88 Å². The van der Waals surface area contributed by atoms with Crippen molar-refractivity contribution >= 4 is 11.7 Å². The highest BCUT2D eigenvalue weighted by Gasteiger charge is 2.20. The number of nitro groups is 1.